The summed E-state index contributed by atoms with van der Waals surface area (Å²) in [7, 11) is 0. The number of rotatable bonds is 3. The lowest BCUT2D eigenvalue weighted by Gasteiger charge is -2.30. The van der Waals surface area contributed by atoms with Crippen molar-refractivity contribution in [2.24, 2.45) is 0 Å². The minimum absolute atomic E-state index is 0.424. The number of aryl methyl sites for hydroxylation is 1. The molecule has 24 heavy (non-hydrogen) atoms. The molecule has 2 atom stereocenters. The number of fused-ring (bicyclic) bond motifs is 2. The summed E-state index contributed by atoms with van der Waals surface area (Å²) < 4.78 is 2.34. The lowest BCUT2D eigenvalue weighted by molar-refractivity contribution is 0.329. The first-order valence-corrected chi connectivity index (χ1v) is 9.23. The van der Waals surface area contributed by atoms with Crippen LogP contribution in [-0.2, 0) is 13.0 Å². The van der Waals surface area contributed by atoms with Gasteiger partial charge >= 0.3 is 0 Å². The van der Waals surface area contributed by atoms with Crippen molar-refractivity contribution in [2.75, 3.05) is 11.9 Å². The van der Waals surface area contributed by atoms with E-state index in [1.54, 1.807) is 0 Å². The molecular formula is C19H27N5. The van der Waals surface area contributed by atoms with Crippen LogP contribution in [0.3, 0.4) is 0 Å². The van der Waals surface area contributed by atoms with Gasteiger partial charge in [0.15, 0.2) is 0 Å². The lowest BCUT2D eigenvalue weighted by Crippen LogP contribution is -2.40. The molecule has 0 saturated carbocycles. The highest BCUT2D eigenvalue weighted by atomic mass is 15.3. The van der Waals surface area contributed by atoms with Gasteiger partial charge in [-0.05, 0) is 30.9 Å². The molecule has 0 fully saturated rings. The largest absolute Gasteiger partial charge is 0.385 e. The Morgan fingerprint density at radius 2 is 2.08 bits per heavy atom. The van der Waals surface area contributed by atoms with Gasteiger partial charge in [0, 0.05) is 43.2 Å². The van der Waals surface area contributed by atoms with E-state index in [9.17, 15) is 0 Å². The highest BCUT2D eigenvalue weighted by molar-refractivity contribution is 5.53. The standard InChI is InChI=1S/C19H27N5/c1-13(2)19-23-22-18-10-9-14(12-24(18)19)21-17-8-5-11-20-16-7-4-3-6-15(16)17/h3-4,6-7,13-14,17,20-21H,5,8-12H2,1-2H3/t14-,17+/m0/s1. The first kappa shape index (κ1) is 15.6. The lowest BCUT2D eigenvalue weighted by atomic mass is 9.98. The molecule has 3 heterocycles. The third-order valence-electron chi connectivity index (χ3n) is 5.25. The van der Waals surface area contributed by atoms with E-state index in [2.05, 4.69) is 63.5 Å². The third kappa shape index (κ3) is 2.93. The summed E-state index contributed by atoms with van der Waals surface area (Å²) in [5.41, 5.74) is 2.70. The molecule has 2 aliphatic rings. The van der Waals surface area contributed by atoms with Crippen molar-refractivity contribution in [2.45, 2.75) is 64.1 Å². The molecule has 1 aromatic carbocycles. The van der Waals surface area contributed by atoms with E-state index < -0.39 is 0 Å². The summed E-state index contributed by atoms with van der Waals surface area (Å²) in [5.74, 6) is 2.70. The van der Waals surface area contributed by atoms with E-state index in [1.807, 2.05) is 0 Å². The quantitative estimate of drug-likeness (QED) is 0.909. The SMILES string of the molecule is CC(C)c1nnc2n1C[C@@H](N[C@@H]1CCCNc3ccccc31)CC2. The molecule has 2 N–H and O–H groups in total. The molecule has 1 aromatic heterocycles. The van der Waals surface area contributed by atoms with Gasteiger partial charge < -0.3 is 15.2 Å². The Labute approximate surface area is 143 Å². The second-order valence-electron chi connectivity index (χ2n) is 7.35. The molecule has 0 bridgehead atoms. The van der Waals surface area contributed by atoms with Crippen LogP contribution in [0.15, 0.2) is 24.3 Å². The number of nitrogens with zero attached hydrogens (tertiary/aromatic N) is 3. The summed E-state index contributed by atoms with van der Waals surface area (Å²) >= 11 is 0. The van der Waals surface area contributed by atoms with Gasteiger partial charge in [0.25, 0.3) is 0 Å². The van der Waals surface area contributed by atoms with E-state index >= 15 is 0 Å². The summed E-state index contributed by atoms with van der Waals surface area (Å²) in [5, 5.41) is 16.3. The second kappa shape index (κ2) is 6.55. The number of hydrogen-bond acceptors (Lipinski definition) is 4. The number of para-hydroxylation sites is 1. The predicted molar refractivity (Wildman–Crippen MR) is 96.3 cm³/mol. The number of benzene rings is 1. The first-order valence-electron chi connectivity index (χ1n) is 9.23. The van der Waals surface area contributed by atoms with E-state index in [0.29, 0.717) is 18.0 Å². The van der Waals surface area contributed by atoms with E-state index in [-0.39, 0.29) is 0 Å². The molecule has 4 rings (SSSR count). The van der Waals surface area contributed by atoms with Crippen LogP contribution in [0.1, 0.15) is 62.3 Å². The molecule has 0 radical (unpaired) electrons. The molecule has 0 aliphatic carbocycles. The number of aromatic nitrogens is 3. The Bertz CT molecular complexity index is 706. The topological polar surface area (TPSA) is 54.8 Å². The van der Waals surface area contributed by atoms with Gasteiger partial charge in [-0.15, -0.1) is 10.2 Å². The smallest absolute Gasteiger partial charge is 0.135 e. The maximum absolute atomic E-state index is 4.40. The minimum atomic E-state index is 0.424. The summed E-state index contributed by atoms with van der Waals surface area (Å²) in [6.45, 7) is 6.44. The van der Waals surface area contributed by atoms with Crippen LogP contribution in [0.25, 0.3) is 0 Å². The van der Waals surface area contributed by atoms with Crippen LogP contribution >= 0.6 is 0 Å². The van der Waals surface area contributed by atoms with Gasteiger partial charge in [0.2, 0.25) is 0 Å². The van der Waals surface area contributed by atoms with Gasteiger partial charge in [0.05, 0.1) is 0 Å². The monoisotopic (exact) mass is 325 g/mol. The van der Waals surface area contributed by atoms with E-state index in [0.717, 1.165) is 37.6 Å². The fourth-order valence-corrected chi connectivity index (χ4v) is 4.02. The molecule has 5 nitrogen and oxygen atoms in total. The Balaban J connectivity index is 1.53. The summed E-state index contributed by atoms with van der Waals surface area (Å²) in [4.78, 5) is 0. The molecule has 5 heteroatoms. The molecule has 0 amide bonds. The van der Waals surface area contributed by atoms with Crippen molar-refractivity contribution in [3.63, 3.8) is 0 Å². The Hall–Kier alpha value is -1.88. The Morgan fingerprint density at radius 3 is 2.96 bits per heavy atom. The van der Waals surface area contributed by atoms with Crippen molar-refractivity contribution >= 4 is 5.69 Å². The van der Waals surface area contributed by atoms with Crippen molar-refractivity contribution in [3.05, 3.63) is 41.5 Å². The molecule has 2 aromatic rings. The van der Waals surface area contributed by atoms with E-state index in [1.165, 1.54) is 24.1 Å². The van der Waals surface area contributed by atoms with Gasteiger partial charge in [-0.3, -0.25) is 0 Å². The zero-order valence-corrected chi connectivity index (χ0v) is 14.6. The average Bonchev–Trinajstić information content (AvgIpc) is 2.91. The fourth-order valence-electron chi connectivity index (χ4n) is 4.02. The van der Waals surface area contributed by atoms with Crippen molar-refractivity contribution in [1.82, 2.24) is 20.1 Å². The van der Waals surface area contributed by atoms with Crippen molar-refractivity contribution in [1.29, 1.82) is 0 Å². The zero-order chi connectivity index (χ0) is 16.5. The normalized spacial score (nSPS) is 23.3. The van der Waals surface area contributed by atoms with Crippen LogP contribution in [0.4, 0.5) is 5.69 Å². The Kier molecular flexibility index (Phi) is 4.27. The molecular weight excluding hydrogens is 298 g/mol. The zero-order valence-electron chi connectivity index (χ0n) is 14.6. The van der Waals surface area contributed by atoms with Crippen molar-refractivity contribution in [3.8, 4) is 0 Å². The van der Waals surface area contributed by atoms with Gasteiger partial charge in [0.1, 0.15) is 11.6 Å². The second-order valence-corrected chi connectivity index (χ2v) is 7.35. The van der Waals surface area contributed by atoms with Gasteiger partial charge in [-0.2, -0.15) is 0 Å². The number of nitrogens with one attached hydrogen (secondary N) is 2. The molecule has 0 unspecified atom stereocenters. The molecule has 128 valence electrons. The van der Waals surface area contributed by atoms with Crippen molar-refractivity contribution < 1.29 is 0 Å². The van der Waals surface area contributed by atoms with Crippen LogP contribution < -0.4 is 10.6 Å². The van der Waals surface area contributed by atoms with Crippen LogP contribution in [0.2, 0.25) is 0 Å². The van der Waals surface area contributed by atoms with Crippen LogP contribution in [0, 0.1) is 0 Å². The molecule has 2 aliphatic heterocycles. The predicted octanol–water partition coefficient (Wildman–Crippen LogP) is 3.25. The van der Waals surface area contributed by atoms with Crippen LogP contribution in [-0.4, -0.2) is 27.4 Å². The average molecular weight is 325 g/mol. The fraction of sp³-hybridized carbons (Fsp3) is 0.579. The maximum atomic E-state index is 4.40. The first-order chi connectivity index (χ1) is 11.7. The summed E-state index contributed by atoms with van der Waals surface area (Å²) in [6, 6.07) is 9.65. The molecule has 0 saturated heterocycles. The van der Waals surface area contributed by atoms with E-state index in [4.69, 9.17) is 0 Å². The highest BCUT2D eigenvalue weighted by Crippen LogP contribution is 2.30. The third-order valence-corrected chi connectivity index (χ3v) is 5.25. The van der Waals surface area contributed by atoms with Crippen LogP contribution in [0.5, 0.6) is 0 Å². The highest BCUT2D eigenvalue weighted by Gasteiger charge is 2.27. The maximum Gasteiger partial charge on any atom is 0.135 e. The van der Waals surface area contributed by atoms with Gasteiger partial charge in [-0.1, -0.05) is 32.0 Å². The number of anilines is 1. The minimum Gasteiger partial charge on any atom is -0.385 e. The van der Waals surface area contributed by atoms with Gasteiger partial charge in [-0.25, -0.2) is 0 Å². The summed E-state index contributed by atoms with van der Waals surface area (Å²) in [6.07, 6.45) is 4.55. The molecule has 0 spiro atoms. The number of hydrogen-bond donors (Lipinski definition) is 2. The Morgan fingerprint density at radius 1 is 1.21 bits per heavy atom.